The number of amides is 2. The zero-order valence-corrected chi connectivity index (χ0v) is 14.3. The number of halogens is 3. The molecule has 0 radical (unpaired) electrons. The molecule has 2 amide bonds. The second-order valence-electron chi connectivity index (χ2n) is 6.22. The van der Waals surface area contributed by atoms with Crippen molar-refractivity contribution in [3.05, 3.63) is 64.2 Å². The van der Waals surface area contributed by atoms with Gasteiger partial charge in [0.05, 0.1) is 16.4 Å². The van der Waals surface area contributed by atoms with Crippen LogP contribution in [-0.4, -0.2) is 23.3 Å². The van der Waals surface area contributed by atoms with Crippen LogP contribution < -0.4 is 10.2 Å². The van der Waals surface area contributed by atoms with Crippen LogP contribution in [0.5, 0.6) is 0 Å². The SMILES string of the molecule is O=C(Nc1ccccc1[N+](=O)[O-])[C@H]1CC(=O)N(c2cccc(C(F)(F)F)c2)C1. The summed E-state index contributed by atoms with van der Waals surface area (Å²) in [4.78, 5) is 36.2. The zero-order chi connectivity index (χ0) is 20.5. The molecule has 28 heavy (non-hydrogen) atoms. The van der Waals surface area contributed by atoms with Gasteiger partial charge in [-0.1, -0.05) is 18.2 Å². The van der Waals surface area contributed by atoms with Crippen molar-refractivity contribution in [2.24, 2.45) is 5.92 Å². The van der Waals surface area contributed by atoms with Gasteiger partial charge < -0.3 is 10.2 Å². The predicted octanol–water partition coefficient (Wildman–Crippen LogP) is 3.61. The molecular formula is C18H14F3N3O4. The number of rotatable bonds is 4. The molecule has 3 rings (SSSR count). The highest BCUT2D eigenvalue weighted by Gasteiger charge is 2.37. The first-order valence-electron chi connectivity index (χ1n) is 8.18. The average Bonchev–Trinajstić information content (AvgIpc) is 3.03. The van der Waals surface area contributed by atoms with Crippen LogP contribution in [0.15, 0.2) is 48.5 Å². The van der Waals surface area contributed by atoms with Crippen LogP contribution in [-0.2, 0) is 15.8 Å². The number of nitrogens with one attached hydrogen (secondary N) is 1. The van der Waals surface area contributed by atoms with E-state index in [1.165, 1.54) is 36.4 Å². The predicted molar refractivity (Wildman–Crippen MR) is 93.6 cm³/mol. The lowest BCUT2D eigenvalue weighted by Gasteiger charge is -2.18. The third-order valence-corrected chi connectivity index (χ3v) is 4.34. The minimum Gasteiger partial charge on any atom is -0.320 e. The Morgan fingerprint density at radius 2 is 1.89 bits per heavy atom. The molecule has 2 aromatic rings. The van der Waals surface area contributed by atoms with Gasteiger partial charge in [0, 0.05) is 24.7 Å². The van der Waals surface area contributed by atoms with E-state index in [9.17, 15) is 32.9 Å². The maximum atomic E-state index is 12.9. The number of nitro benzene ring substituents is 1. The lowest BCUT2D eigenvalue weighted by molar-refractivity contribution is -0.383. The smallest absolute Gasteiger partial charge is 0.320 e. The summed E-state index contributed by atoms with van der Waals surface area (Å²) in [5, 5.41) is 13.4. The van der Waals surface area contributed by atoms with Crippen LogP contribution in [0.4, 0.5) is 30.2 Å². The largest absolute Gasteiger partial charge is 0.416 e. The molecule has 0 unspecified atom stereocenters. The minimum absolute atomic E-state index is 0.0116. The van der Waals surface area contributed by atoms with Crippen LogP contribution in [0.2, 0.25) is 0 Å². The maximum absolute atomic E-state index is 12.9. The number of hydrogen-bond donors (Lipinski definition) is 1. The maximum Gasteiger partial charge on any atom is 0.416 e. The summed E-state index contributed by atoms with van der Waals surface area (Å²) in [6.45, 7) is -0.118. The summed E-state index contributed by atoms with van der Waals surface area (Å²) in [6.07, 6.45) is -4.76. The van der Waals surface area contributed by atoms with E-state index >= 15 is 0 Å². The molecule has 0 saturated carbocycles. The van der Waals surface area contributed by atoms with Gasteiger partial charge in [0.2, 0.25) is 11.8 Å². The summed E-state index contributed by atoms with van der Waals surface area (Å²) < 4.78 is 38.6. The van der Waals surface area contributed by atoms with Crippen molar-refractivity contribution in [1.29, 1.82) is 0 Å². The number of nitro groups is 1. The Morgan fingerprint density at radius 1 is 1.18 bits per heavy atom. The first-order chi connectivity index (χ1) is 13.2. The van der Waals surface area contributed by atoms with Crippen LogP contribution in [0.25, 0.3) is 0 Å². The molecule has 1 saturated heterocycles. The van der Waals surface area contributed by atoms with Gasteiger partial charge in [-0.2, -0.15) is 13.2 Å². The van der Waals surface area contributed by atoms with Crippen LogP contribution in [0.3, 0.4) is 0 Å². The van der Waals surface area contributed by atoms with E-state index in [0.29, 0.717) is 0 Å². The third kappa shape index (κ3) is 3.95. The molecule has 1 N–H and O–H groups in total. The van der Waals surface area contributed by atoms with E-state index < -0.39 is 34.4 Å². The summed E-state index contributed by atoms with van der Waals surface area (Å²) in [5.74, 6) is -1.96. The Labute approximate surface area is 156 Å². The highest BCUT2D eigenvalue weighted by molar-refractivity contribution is 6.04. The van der Waals surface area contributed by atoms with Crippen molar-refractivity contribution in [2.75, 3.05) is 16.8 Å². The monoisotopic (exact) mass is 393 g/mol. The number of para-hydroxylation sites is 2. The number of carbonyl (C=O) groups is 2. The molecule has 1 atom stereocenters. The first kappa shape index (κ1) is 19.3. The van der Waals surface area contributed by atoms with E-state index in [4.69, 9.17) is 0 Å². The molecule has 7 nitrogen and oxygen atoms in total. The van der Waals surface area contributed by atoms with Gasteiger partial charge in [-0.3, -0.25) is 19.7 Å². The lowest BCUT2D eigenvalue weighted by Crippen LogP contribution is -2.28. The number of hydrogen-bond acceptors (Lipinski definition) is 4. The Kier molecular flexibility index (Phi) is 5.04. The quantitative estimate of drug-likeness (QED) is 0.635. The fourth-order valence-electron chi connectivity index (χ4n) is 2.96. The fraction of sp³-hybridized carbons (Fsp3) is 0.222. The van der Waals surface area contributed by atoms with Crippen molar-refractivity contribution in [3.8, 4) is 0 Å². The normalized spacial score (nSPS) is 16.9. The number of carbonyl (C=O) groups excluding carboxylic acids is 2. The van der Waals surface area contributed by atoms with Gasteiger partial charge in [-0.15, -0.1) is 0 Å². The summed E-state index contributed by atoms with van der Waals surface area (Å²) in [7, 11) is 0. The Morgan fingerprint density at radius 3 is 2.57 bits per heavy atom. The molecule has 1 heterocycles. The number of nitrogens with zero attached hydrogens (tertiary/aromatic N) is 2. The molecule has 10 heteroatoms. The molecule has 146 valence electrons. The molecular weight excluding hydrogens is 379 g/mol. The van der Waals surface area contributed by atoms with Crippen LogP contribution in [0.1, 0.15) is 12.0 Å². The Hall–Kier alpha value is -3.43. The fourth-order valence-corrected chi connectivity index (χ4v) is 2.96. The van der Waals surface area contributed by atoms with Crippen LogP contribution in [0, 0.1) is 16.0 Å². The van der Waals surface area contributed by atoms with Gasteiger partial charge in [0.25, 0.3) is 5.69 Å². The van der Waals surface area contributed by atoms with E-state index in [2.05, 4.69) is 5.32 Å². The number of alkyl halides is 3. The van der Waals surface area contributed by atoms with Crippen LogP contribution >= 0.6 is 0 Å². The first-order valence-corrected chi connectivity index (χ1v) is 8.18. The minimum atomic E-state index is -4.55. The molecule has 0 aromatic heterocycles. The van der Waals surface area contributed by atoms with Gasteiger partial charge in [0.15, 0.2) is 0 Å². The topological polar surface area (TPSA) is 92.5 Å². The summed E-state index contributed by atoms with van der Waals surface area (Å²) in [6, 6.07) is 9.83. The van der Waals surface area contributed by atoms with Gasteiger partial charge in [0.1, 0.15) is 5.69 Å². The average molecular weight is 393 g/mol. The lowest BCUT2D eigenvalue weighted by atomic mass is 10.1. The van der Waals surface area contributed by atoms with E-state index in [0.717, 1.165) is 17.0 Å². The second kappa shape index (κ2) is 7.29. The van der Waals surface area contributed by atoms with E-state index in [-0.39, 0.29) is 30.0 Å². The van der Waals surface area contributed by atoms with Crippen molar-refractivity contribution < 1.29 is 27.7 Å². The molecule has 2 aromatic carbocycles. The highest BCUT2D eigenvalue weighted by atomic mass is 19.4. The molecule has 0 spiro atoms. The summed E-state index contributed by atoms with van der Waals surface area (Å²) >= 11 is 0. The van der Waals surface area contributed by atoms with Gasteiger partial charge >= 0.3 is 6.18 Å². The highest BCUT2D eigenvalue weighted by Crippen LogP contribution is 2.34. The van der Waals surface area contributed by atoms with Gasteiger partial charge in [-0.05, 0) is 24.3 Å². The van der Waals surface area contributed by atoms with Gasteiger partial charge in [-0.25, -0.2) is 0 Å². The number of benzene rings is 2. The van der Waals surface area contributed by atoms with E-state index in [1.807, 2.05) is 0 Å². The van der Waals surface area contributed by atoms with Crippen molar-refractivity contribution in [1.82, 2.24) is 0 Å². The molecule has 0 aliphatic carbocycles. The van der Waals surface area contributed by atoms with E-state index in [1.54, 1.807) is 0 Å². The third-order valence-electron chi connectivity index (χ3n) is 4.34. The zero-order valence-electron chi connectivity index (χ0n) is 14.3. The standard InChI is InChI=1S/C18H14F3N3O4/c19-18(20,21)12-4-3-5-13(9-12)23-10-11(8-16(23)25)17(26)22-14-6-1-2-7-15(14)24(27)28/h1-7,9,11H,8,10H2,(H,22,26)/t11-/m0/s1. The Bertz CT molecular complexity index is 946. The van der Waals surface area contributed by atoms with Crippen molar-refractivity contribution >= 4 is 28.9 Å². The second-order valence-corrected chi connectivity index (χ2v) is 6.22. The molecule has 1 fully saturated rings. The van der Waals surface area contributed by atoms with Crippen molar-refractivity contribution in [2.45, 2.75) is 12.6 Å². The number of anilines is 2. The molecule has 1 aliphatic rings. The molecule has 1 aliphatic heterocycles. The van der Waals surface area contributed by atoms with Crippen molar-refractivity contribution in [3.63, 3.8) is 0 Å². The summed E-state index contributed by atoms with van der Waals surface area (Å²) in [5.41, 5.74) is -1.16. The Balaban J connectivity index is 1.76. The molecule has 0 bridgehead atoms.